The smallest absolute Gasteiger partial charge is 0.0601 e. The first kappa shape index (κ1) is 9.74. The largest absolute Gasteiger partial charge is 0.396 e. The lowest BCUT2D eigenvalue weighted by Crippen LogP contribution is -1.97. The molecule has 14 heavy (non-hydrogen) atoms. The average Bonchev–Trinajstić information content (AvgIpc) is 2.62. The number of aromatic amines is 1. The summed E-state index contributed by atoms with van der Waals surface area (Å²) in [7, 11) is 0. The van der Waals surface area contributed by atoms with E-state index < -0.39 is 0 Å². The molecule has 0 aliphatic carbocycles. The quantitative estimate of drug-likeness (QED) is 0.849. The Kier molecular flexibility index (Phi) is 2.61. The van der Waals surface area contributed by atoms with Crippen LogP contribution >= 0.6 is 15.9 Å². The number of aromatic nitrogens is 1. The lowest BCUT2D eigenvalue weighted by atomic mass is 10.0. The minimum atomic E-state index is 0.179. The van der Waals surface area contributed by atoms with Crippen molar-refractivity contribution in [1.29, 1.82) is 0 Å². The van der Waals surface area contributed by atoms with E-state index in [0.717, 1.165) is 9.99 Å². The first-order valence-corrected chi connectivity index (χ1v) is 5.39. The van der Waals surface area contributed by atoms with Crippen LogP contribution in [0.2, 0.25) is 0 Å². The standard InChI is InChI=1S/C11H12BrNO/c1-7(6-14)9-5-13-11-8(9)3-2-4-10(11)12/h2-5,7,13-14H,6H2,1H3. The Morgan fingerprint density at radius 1 is 1.50 bits per heavy atom. The molecule has 1 aromatic heterocycles. The molecule has 0 bridgehead atoms. The zero-order chi connectivity index (χ0) is 10.1. The SMILES string of the molecule is CC(CO)c1c[nH]c2c(Br)cccc12. The minimum Gasteiger partial charge on any atom is -0.396 e. The molecule has 0 aliphatic rings. The Balaban J connectivity index is 2.63. The molecule has 2 rings (SSSR count). The van der Waals surface area contributed by atoms with Crippen molar-refractivity contribution >= 4 is 26.8 Å². The summed E-state index contributed by atoms with van der Waals surface area (Å²) < 4.78 is 1.06. The molecule has 0 radical (unpaired) electrons. The number of halogens is 1. The van der Waals surface area contributed by atoms with E-state index in [-0.39, 0.29) is 12.5 Å². The number of benzene rings is 1. The van der Waals surface area contributed by atoms with Gasteiger partial charge < -0.3 is 10.1 Å². The van der Waals surface area contributed by atoms with E-state index in [9.17, 15) is 0 Å². The van der Waals surface area contributed by atoms with Crippen molar-refractivity contribution < 1.29 is 5.11 Å². The van der Waals surface area contributed by atoms with Crippen LogP contribution in [0.15, 0.2) is 28.9 Å². The highest BCUT2D eigenvalue weighted by molar-refractivity contribution is 9.10. The number of hydrogen-bond donors (Lipinski definition) is 2. The van der Waals surface area contributed by atoms with Gasteiger partial charge >= 0.3 is 0 Å². The zero-order valence-electron chi connectivity index (χ0n) is 7.92. The van der Waals surface area contributed by atoms with Crippen LogP contribution in [0.3, 0.4) is 0 Å². The summed E-state index contributed by atoms with van der Waals surface area (Å²) in [5.74, 6) is 0.179. The monoisotopic (exact) mass is 253 g/mol. The van der Waals surface area contributed by atoms with Crippen LogP contribution in [0.4, 0.5) is 0 Å². The van der Waals surface area contributed by atoms with Gasteiger partial charge in [0.25, 0.3) is 0 Å². The molecule has 0 saturated heterocycles. The molecular weight excluding hydrogens is 242 g/mol. The van der Waals surface area contributed by atoms with Gasteiger partial charge in [-0.2, -0.15) is 0 Å². The average molecular weight is 254 g/mol. The van der Waals surface area contributed by atoms with E-state index in [4.69, 9.17) is 5.11 Å². The van der Waals surface area contributed by atoms with E-state index in [1.807, 2.05) is 25.3 Å². The Labute approximate surface area is 91.1 Å². The molecule has 0 amide bonds. The fraction of sp³-hybridized carbons (Fsp3) is 0.273. The maximum Gasteiger partial charge on any atom is 0.0601 e. The maximum atomic E-state index is 9.11. The molecule has 0 saturated carbocycles. The van der Waals surface area contributed by atoms with Crippen molar-refractivity contribution in [3.63, 3.8) is 0 Å². The lowest BCUT2D eigenvalue weighted by molar-refractivity contribution is 0.273. The van der Waals surface area contributed by atoms with E-state index >= 15 is 0 Å². The van der Waals surface area contributed by atoms with Crippen LogP contribution in [0.25, 0.3) is 10.9 Å². The van der Waals surface area contributed by atoms with Crippen LogP contribution in [0.5, 0.6) is 0 Å². The molecule has 0 spiro atoms. The predicted molar refractivity (Wildman–Crippen MR) is 61.5 cm³/mol. The second-order valence-corrected chi connectivity index (χ2v) is 4.34. The van der Waals surface area contributed by atoms with Gasteiger partial charge in [-0.05, 0) is 27.6 Å². The maximum absolute atomic E-state index is 9.11. The second-order valence-electron chi connectivity index (χ2n) is 3.49. The molecule has 74 valence electrons. The molecule has 1 heterocycles. The molecule has 1 aromatic carbocycles. The Hall–Kier alpha value is -0.800. The Morgan fingerprint density at radius 3 is 3.00 bits per heavy atom. The molecule has 0 aliphatic heterocycles. The summed E-state index contributed by atoms with van der Waals surface area (Å²) in [5, 5.41) is 10.3. The van der Waals surface area contributed by atoms with Crippen LogP contribution in [0.1, 0.15) is 18.4 Å². The van der Waals surface area contributed by atoms with Gasteiger partial charge in [0.05, 0.1) is 5.52 Å². The molecule has 0 fully saturated rings. The van der Waals surface area contributed by atoms with Gasteiger partial charge in [-0.25, -0.2) is 0 Å². The van der Waals surface area contributed by atoms with Crippen molar-refractivity contribution in [3.05, 3.63) is 34.4 Å². The fourth-order valence-corrected chi connectivity index (χ4v) is 2.13. The molecule has 1 atom stereocenters. The summed E-state index contributed by atoms with van der Waals surface area (Å²) in [4.78, 5) is 3.21. The number of hydrogen-bond acceptors (Lipinski definition) is 1. The molecule has 2 N–H and O–H groups in total. The topological polar surface area (TPSA) is 36.0 Å². The van der Waals surface area contributed by atoms with Gasteiger partial charge in [-0.3, -0.25) is 0 Å². The molecule has 2 aromatic rings. The number of aliphatic hydroxyl groups excluding tert-OH is 1. The van der Waals surface area contributed by atoms with Crippen molar-refractivity contribution in [1.82, 2.24) is 4.98 Å². The first-order valence-electron chi connectivity index (χ1n) is 4.60. The zero-order valence-corrected chi connectivity index (χ0v) is 9.51. The molecule has 3 heteroatoms. The fourth-order valence-electron chi connectivity index (χ4n) is 1.65. The third kappa shape index (κ3) is 1.47. The van der Waals surface area contributed by atoms with E-state index in [1.54, 1.807) is 0 Å². The van der Waals surface area contributed by atoms with Crippen molar-refractivity contribution in [2.45, 2.75) is 12.8 Å². The van der Waals surface area contributed by atoms with E-state index in [2.05, 4.69) is 27.0 Å². The van der Waals surface area contributed by atoms with Gasteiger partial charge in [-0.15, -0.1) is 0 Å². The molecule has 1 unspecified atom stereocenters. The number of nitrogens with one attached hydrogen (secondary N) is 1. The Morgan fingerprint density at radius 2 is 2.29 bits per heavy atom. The van der Waals surface area contributed by atoms with Crippen LogP contribution in [0, 0.1) is 0 Å². The third-order valence-corrected chi connectivity index (χ3v) is 3.16. The molecule has 2 nitrogen and oxygen atoms in total. The number of para-hydroxylation sites is 1. The number of rotatable bonds is 2. The highest BCUT2D eigenvalue weighted by Crippen LogP contribution is 2.29. The third-order valence-electron chi connectivity index (χ3n) is 2.50. The van der Waals surface area contributed by atoms with Crippen LogP contribution < -0.4 is 0 Å². The van der Waals surface area contributed by atoms with Crippen LogP contribution in [-0.4, -0.2) is 16.7 Å². The minimum absolute atomic E-state index is 0.179. The van der Waals surface area contributed by atoms with E-state index in [0.29, 0.717) is 0 Å². The second kappa shape index (κ2) is 3.75. The Bertz CT molecular complexity index is 449. The summed E-state index contributed by atoms with van der Waals surface area (Å²) in [5.41, 5.74) is 2.27. The number of fused-ring (bicyclic) bond motifs is 1. The highest BCUT2D eigenvalue weighted by atomic mass is 79.9. The van der Waals surface area contributed by atoms with Gasteiger partial charge in [-0.1, -0.05) is 19.1 Å². The number of H-pyrrole nitrogens is 1. The van der Waals surface area contributed by atoms with Crippen molar-refractivity contribution in [2.75, 3.05) is 6.61 Å². The lowest BCUT2D eigenvalue weighted by Gasteiger charge is -2.05. The predicted octanol–water partition coefficient (Wildman–Crippen LogP) is 3.03. The van der Waals surface area contributed by atoms with Gasteiger partial charge in [0, 0.05) is 28.6 Å². The van der Waals surface area contributed by atoms with Crippen molar-refractivity contribution in [3.8, 4) is 0 Å². The molecular formula is C11H12BrNO. The summed E-state index contributed by atoms with van der Waals surface area (Å²) in [6.45, 7) is 2.20. The van der Waals surface area contributed by atoms with Crippen LogP contribution in [-0.2, 0) is 0 Å². The van der Waals surface area contributed by atoms with E-state index in [1.165, 1.54) is 10.9 Å². The van der Waals surface area contributed by atoms with Gasteiger partial charge in [0.2, 0.25) is 0 Å². The van der Waals surface area contributed by atoms with Crippen molar-refractivity contribution in [2.24, 2.45) is 0 Å². The van der Waals surface area contributed by atoms with Gasteiger partial charge in [0.1, 0.15) is 0 Å². The summed E-state index contributed by atoms with van der Waals surface area (Å²) >= 11 is 3.49. The summed E-state index contributed by atoms with van der Waals surface area (Å²) in [6, 6.07) is 6.08. The normalized spacial score (nSPS) is 13.4. The first-order chi connectivity index (χ1) is 6.74. The van der Waals surface area contributed by atoms with Gasteiger partial charge in [0.15, 0.2) is 0 Å². The summed E-state index contributed by atoms with van der Waals surface area (Å²) in [6.07, 6.45) is 1.97. The highest BCUT2D eigenvalue weighted by Gasteiger charge is 2.10. The number of aliphatic hydroxyl groups is 1.